The molecule has 0 bridgehead atoms. The first-order valence-electron chi connectivity index (χ1n) is 3.43. The van der Waals surface area contributed by atoms with Gasteiger partial charge >= 0.3 is 0 Å². The lowest BCUT2D eigenvalue weighted by Gasteiger charge is -1.75. The van der Waals surface area contributed by atoms with E-state index in [-0.39, 0.29) is 5.78 Å². The smallest absolute Gasteiger partial charge is 0.154 e. The molecule has 0 N–H and O–H groups in total. The zero-order valence-electron chi connectivity index (χ0n) is 6.62. The summed E-state index contributed by atoms with van der Waals surface area (Å²) in [6, 6.07) is 3.67. The van der Waals surface area contributed by atoms with Crippen LogP contribution in [0.25, 0.3) is 0 Å². The van der Waals surface area contributed by atoms with Crippen LogP contribution in [0.4, 0.5) is 0 Å². The van der Waals surface area contributed by atoms with Crippen molar-refractivity contribution in [1.29, 1.82) is 0 Å². The fraction of sp³-hybridized carbons (Fsp3) is 0.222. The van der Waals surface area contributed by atoms with Crippen LogP contribution >= 0.6 is 0 Å². The highest BCUT2D eigenvalue weighted by Gasteiger charge is 1.81. The highest BCUT2D eigenvalue weighted by Crippen LogP contribution is 1.79. The van der Waals surface area contributed by atoms with Gasteiger partial charge in [0.2, 0.25) is 0 Å². The van der Waals surface area contributed by atoms with Crippen LogP contribution < -0.4 is 0 Å². The Morgan fingerprint density at radius 2 is 2.09 bits per heavy atom. The summed E-state index contributed by atoms with van der Waals surface area (Å²) in [4.78, 5) is 10.1. The van der Waals surface area contributed by atoms with E-state index in [1.807, 2.05) is 19.1 Å². The van der Waals surface area contributed by atoms with Gasteiger partial charge in [-0.15, -0.1) is 0 Å². The number of ketones is 1. The fourth-order valence-electron chi connectivity index (χ4n) is 0.371. The zero-order valence-corrected chi connectivity index (χ0v) is 6.62. The lowest BCUT2D eigenvalue weighted by molar-refractivity contribution is -0.114. The van der Waals surface area contributed by atoms with E-state index in [0.717, 1.165) is 0 Å². The Kier molecular flexibility index (Phi) is 5.99. The molecule has 0 spiro atoms. The minimum absolute atomic E-state index is 0.106. The lowest BCUT2D eigenvalue weighted by Crippen LogP contribution is -1.83. The van der Waals surface area contributed by atoms with E-state index in [2.05, 4.69) is 11.0 Å². The van der Waals surface area contributed by atoms with E-state index in [0.29, 0.717) is 6.42 Å². The van der Waals surface area contributed by atoms with Gasteiger partial charge in [-0.25, -0.2) is 0 Å². The van der Waals surface area contributed by atoms with Gasteiger partial charge < -0.3 is 4.42 Å². The van der Waals surface area contributed by atoms with Crippen LogP contribution in [0.1, 0.15) is 13.3 Å². The summed E-state index contributed by atoms with van der Waals surface area (Å²) in [5, 5.41) is 0. The van der Waals surface area contributed by atoms with Gasteiger partial charge in [0.1, 0.15) is 0 Å². The molecule has 0 aromatic carbocycles. The minimum Gasteiger partial charge on any atom is -0.473 e. The predicted molar refractivity (Wildman–Crippen MR) is 44.2 cm³/mol. The molecular formula is C9H12O2. The Hall–Kier alpha value is -1.31. The van der Waals surface area contributed by atoms with E-state index < -0.39 is 0 Å². The van der Waals surface area contributed by atoms with Gasteiger partial charge in [0, 0.05) is 6.42 Å². The van der Waals surface area contributed by atoms with Crippen molar-refractivity contribution in [2.45, 2.75) is 13.3 Å². The molecule has 1 heterocycles. The normalized spacial score (nSPS) is 7.73. The number of rotatable bonds is 2. The third kappa shape index (κ3) is 6.58. The maximum Gasteiger partial charge on any atom is 0.154 e. The summed E-state index contributed by atoms with van der Waals surface area (Å²) in [5.74, 6) is 0.106. The van der Waals surface area contributed by atoms with Crippen molar-refractivity contribution in [3.63, 3.8) is 0 Å². The maximum absolute atomic E-state index is 10.1. The van der Waals surface area contributed by atoms with Crippen molar-refractivity contribution in [3.05, 3.63) is 37.3 Å². The van der Waals surface area contributed by atoms with Gasteiger partial charge in [0.15, 0.2) is 5.78 Å². The molecule has 0 amide bonds. The molecule has 2 nitrogen and oxygen atoms in total. The highest BCUT2D eigenvalue weighted by molar-refractivity contribution is 5.88. The topological polar surface area (TPSA) is 30.2 Å². The van der Waals surface area contributed by atoms with Crippen LogP contribution in [-0.2, 0) is 4.79 Å². The molecule has 1 rings (SSSR count). The molecule has 0 unspecified atom stereocenters. The average Bonchev–Trinajstić information content (AvgIpc) is 2.60. The summed E-state index contributed by atoms with van der Waals surface area (Å²) in [5.41, 5.74) is 0. The molecule has 60 valence electrons. The second-order valence-electron chi connectivity index (χ2n) is 1.82. The van der Waals surface area contributed by atoms with E-state index in [4.69, 9.17) is 0 Å². The van der Waals surface area contributed by atoms with Crippen molar-refractivity contribution in [3.8, 4) is 0 Å². The highest BCUT2D eigenvalue weighted by atomic mass is 16.3. The summed E-state index contributed by atoms with van der Waals surface area (Å²) in [6.07, 6.45) is 5.16. The van der Waals surface area contributed by atoms with E-state index >= 15 is 0 Å². The minimum atomic E-state index is 0.106. The molecule has 0 aliphatic rings. The standard InChI is InChI=1S/C5H8O.C4H4O/c1-3-5(6)4-2;1-2-4-5-3-1/h3H,1,4H2,2H3;1-4H. The van der Waals surface area contributed by atoms with E-state index in [9.17, 15) is 4.79 Å². The SMILES string of the molecule is C=CC(=O)CC.c1ccoc1. The number of carbonyl (C=O) groups is 1. The van der Waals surface area contributed by atoms with Gasteiger partial charge in [0.05, 0.1) is 12.5 Å². The summed E-state index contributed by atoms with van der Waals surface area (Å²) in [7, 11) is 0. The Morgan fingerprint density at radius 1 is 1.55 bits per heavy atom. The Morgan fingerprint density at radius 3 is 2.18 bits per heavy atom. The van der Waals surface area contributed by atoms with Crippen LogP contribution in [0.2, 0.25) is 0 Å². The van der Waals surface area contributed by atoms with Crippen LogP contribution in [-0.4, -0.2) is 5.78 Å². The first-order valence-corrected chi connectivity index (χ1v) is 3.43. The largest absolute Gasteiger partial charge is 0.473 e. The van der Waals surface area contributed by atoms with Gasteiger partial charge in [-0.1, -0.05) is 13.5 Å². The Labute approximate surface area is 66.5 Å². The molecule has 0 radical (unpaired) electrons. The number of furan rings is 1. The molecule has 11 heavy (non-hydrogen) atoms. The van der Waals surface area contributed by atoms with Gasteiger partial charge in [0.25, 0.3) is 0 Å². The Bertz CT molecular complexity index is 170. The molecule has 1 aromatic rings. The van der Waals surface area contributed by atoms with E-state index in [1.54, 1.807) is 12.5 Å². The molecule has 2 heteroatoms. The number of carbonyl (C=O) groups excluding carboxylic acids is 1. The van der Waals surface area contributed by atoms with Crippen LogP contribution in [0, 0.1) is 0 Å². The molecule has 0 aliphatic heterocycles. The average molecular weight is 152 g/mol. The van der Waals surface area contributed by atoms with Crippen molar-refractivity contribution in [2.75, 3.05) is 0 Å². The predicted octanol–water partition coefficient (Wildman–Crippen LogP) is 2.43. The molecule has 0 saturated heterocycles. The van der Waals surface area contributed by atoms with Crippen LogP contribution in [0.15, 0.2) is 41.7 Å². The molecule has 0 saturated carbocycles. The number of hydrogen-bond donors (Lipinski definition) is 0. The van der Waals surface area contributed by atoms with Gasteiger partial charge in [-0.05, 0) is 18.2 Å². The molecule has 1 aromatic heterocycles. The van der Waals surface area contributed by atoms with Crippen molar-refractivity contribution < 1.29 is 9.21 Å². The van der Waals surface area contributed by atoms with E-state index in [1.165, 1.54) is 6.08 Å². The lowest BCUT2D eigenvalue weighted by atomic mass is 10.3. The third-order valence-corrected chi connectivity index (χ3v) is 1.00. The second kappa shape index (κ2) is 6.81. The summed E-state index contributed by atoms with van der Waals surface area (Å²) < 4.78 is 4.58. The zero-order chi connectivity index (χ0) is 8.53. The summed E-state index contributed by atoms with van der Waals surface area (Å²) >= 11 is 0. The van der Waals surface area contributed by atoms with Crippen LogP contribution in [0.3, 0.4) is 0 Å². The quantitative estimate of drug-likeness (QED) is 0.609. The second-order valence-corrected chi connectivity index (χ2v) is 1.82. The van der Waals surface area contributed by atoms with Crippen LogP contribution in [0.5, 0.6) is 0 Å². The van der Waals surface area contributed by atoms with Gasteiger partial charge in [-0.2, -0.15) is 0 Å². The molecule has 0 atom stereocenters. The monoisotopic (exact) mass is 152 g/mol. The Balaban J connectivity index is 0.000000183. The fourth-order valence-corrected chi connectivity index (χ4v) is 0.371. The molecule has 0 fully saturated rings. The first-order chi connectivity index (χ1) is 5.31. The molecule has 0 aliphatic carbocycles. The molecular weight excluding hydrogens is 140 g/mol. The first kappa shape index (κ1) is 9.69. The summed E-state index contributed by atoms with van der Waals surface area (Å²) in [6.45, 7) is 5.09. The van der Waals surface area contributed by atoms with Crippen molar-refractivity contribution in [2.24, 2.45) is 0 Å². The number of allylic oxidation sites excluding steroid dienone is 1. The number of hydrogen-bond acceptors (Lipinski definition) is 2. The van der Waals surface area contributed by atoms with Crippen molar-refractivity contribution >= 4 is 5.78 Å². The van der Waals surface area contributed by atoms with Gasteiger partial charge in [-0.3, -0.25) is 4.79 Å². The van der Waals surface area contributed by atoms with Crippen molar-refractivity contribution in [1.82, 2.24) is 0 Å². The third-order valence-electron chi connectivity index (χ3n) is 1.00. The maximum atomic E-state index is 10.1.